The third kappa shape index (κ3) is 3.93. The van der Waals surface area contributed by atoms with Gasteiger partial charge in [-0.05, 0) is 42.9 Å². The van der Waals surface area contributed by atoms with E-state index in [4.69, 9.17) is 16.3 Å². The highest BCUT2D eigenvalue weighted by Gasteiger charge is 2.53. The van der Waals surface area contributed by atoms with Crippen molar-refractivity contribution in [2.24, 2.45) is 11.8 Å². The number of hydrogen-bond acceptors (Lipinski definition) is 6. The van der Waals surface area contributed by atoms with Crippen LogP contribution in [0.5, 0.6) is 0 Å². The standard InChI is InChI=1S/C23H26ClN3O4S/c1-12-2-4-13(5-3-12)19(23(30)27-9-15(24)21-20(27)17(28)10-31-21)26-22(29)14-6-7-16-18(8-14)32-11-25-16/h6-8,11-13,15,19-21H,2-5,9-10H2,1H3,(H,26,29)/t12?,13?,15-,19?,20+,21+/m0/s1. The zero-order valence-electron chi connectivity index (χ0n) is 17.8. The summed E-state index contributed by atoms with van der Waals surface area (Å²) in [7, 11) is 0. The van der Waals surface area contributed by atoms with Crippen LogP contribution < -0.4 is 5.32 Å². The minimum Gasteiger partial charge on any atom is -0.366 e. The number of nitrogens with one attached hydrogen (secondary N) is 1. The number of nitrogens with zero attached hydrogens (tertiary/aromatic N) is 2. The normalized spacial score (nSPS) is 31.0. The van der Waals surface area contributed by atoms with Crippen LogP contribution in [0.25, 0.3) is 10.2 Å². The van der Waals surface area contributed by atoms with Gasteiger partial charge in [0.1, 0.15) is 24.8 Å². The predicted octanol–water partition coefficient (Wildman–Crippen LogP) is 3.01. The monoisotopic (exact) mass is 475 g/mol. The lowest BCUT2D eigenvalue weighted by Crippen LogP contribution is -2.55. The Morgan fingerprint density at radius 3 is 2.84 bits per heavy atom. The van der Waals surface area contributed by atoms with Crippen molar-refractivity contribution in [3.63, 3.8) is 0 Å². The smallest absolute Gasteiger partial charge is 0.251 e. The van der Waals surface area contributed by atoms with Crippen molar-refractivity contribution in [1.29, 1.82) is 0 Å². The van der Waals surface area contributed by atoms with Crippen molar-refractivity contribution >= 4 is 50.8 Å². The summed E-state index contributed by atoms with van der Waals surface area (Å²) in [6, 6.07) is 4.01. The van der Waals surface area contributed by atoms with Gasteiger partial charge >= 0.3 is 0 Å². The molecule has 170 valence electrons. The van der Waals surface area contributed by atoms with Gasteiger partial charge in [-0.15, -0.1) is 22.9 Å². The van der Waals surface area contributed by atoms with Crippen molar-refractivity contribution in [3.8, 4) is 0 Å². The van der Waals surface area contributed by atoms with Crippen molar-refractivity contribution in [3.05, 3.63) is 29.3 Å². The Labute approximate surface area is 195 Å². The van der Waals surface area contributed by atoms with Gasteiger partial charge in [0, 0.05) is 12.1 Å². The second kappa shape index (κ2) is 8.72. The second-order valence-electron chi connectivity index (χ2n) is 9.20. The summed E-state index contributed by atoms with van der Waals surface area (Å²) >= 11 is 7.88. The summed E-state index contributed by atoms with van der Waals surface area (Å²) in [5.74, 6) is 0.00220. The molecule has 0 spiro atoms. The first-order valence-corrected chi connectivity index (χ1v) is 12.5. The summed E-state index contributed by atoms with van der Waals surface area (Å²) in [5.41, 5.74) is 3.09. The molecule has 1 N–H and O–H groups in total. The molecule has 9 heteroatoms. The lowest BCUT2D eigenvalue weighted by atomic mass is 9.78. The van der Waals surface area contributed by atoms with E-state index in [0.717, 1.165) is 35.9 Å². The topological polar surface area (TPSA) is 88.6 Å². The maximum Gasteiger partial charge on any atom is 0.251 e. The molecule has 7 nitrogen and oxygen atoms in total. The van der Waals surface area contributed by atoms with E-state index >= 15 is 0 Å². The molecule has 2 aliphatic heterocycles. The molecule has 2 amide bonds. The highest BCUT2D eigenvalue weighted by molar-refractivity contribution is 7.16. The predicted molar refractivity (Wildman–Crippen MR) is 122 cm³/mol. The minimum absolute atomic E-state index is 0.0187. The van der Waals surface area contributed by atoms with E-state index < -0.39 is 23.6 Å². The minimum atomic E-state index is -0.692. The molecule has 2 saturated heterocycles. The van der Waals surface area contributed by atoms with Crippen molar-refractivity contribution in [1.82, 2.24) is 15.2 Å². The Morgan fingerprint density at radius 2 is 2.06 bits per heavy atom. The van der Waals surface area contributed by atoms with Crippen LogP contribution >= 0.6 is 22.9 Å². The van der Waals surface area contributed by atoms with Gasteiger partial charge < -0.3 is 15.0 Å². The molecule has 1 aliphatic carbocycles. The van der Waals surface area contributed by atoms with Crippen molar-refractivity contribution in [2.45, 2.75) is 56.2 Å². The van der Waals surface area contributed by atoms with Crippen LogP contribution in [0.4, 0.5) is 0 Å². The van der Waals surface area contributed by atoms with Crippen LogP contribution in [0.1, 0.15) is 43.0 Å². The van der Waals surface area contributed by atoms with Gasteiger partial charge in [-0.3, -0.25) is 14.4 Å². The van der Waals surface area contributed by atoms with E-state index in [0.29, 0.717) is 11.5 Å². The molecule has 0 radical (unpaired) electrons. The third-order valence-corrected chi connectivity index (χ3v) is 8.26. The number of halogens is 1. The average Bonchev–Trinajstić information content (AvgIpc) is 3.49. The average molecular weight is 476 g/mol. The first-order chi connectivity index (χ1) is 15.4. The second-order valence-corrected chi connectivity index (χ2v) is 10.6. The Bertz CT molecular complexity index is 1050. The summed E-state index contributed by atoms with van der Waals surface area (Å²) in [4.78, 5) is 45.2. The molecule has 1 aromatic heterocycles. The number of carbonyl (C=O) groups excluding carboxylic acids is 3. The van der Waals surface area contributed by atoms with Crippen LogP contribution in [0.3, 0.4) is 0 Å². The van der Waals surface area contributed by atoms with Crippen LogP contribution in [0.15, 0.2) is 23.7 Å². The van der Waals surface area contributed by atoms with Gasteiger partial charge in [0.05, 0.1) is 21.1 Å². The van der Waals surface area contributed by atoms with E-state index in [9.17, 15) is 14.4 Å². The number of ketones is 1. The Kier molecular flexibility index (Phi) is 5.94. The number of Topliss-reactive ketones (excluding diaryl/α,β-unsaturated/α-hetero) is 1. The molecular formula is C23H26ClN3O4S. The first-order valence-electron chi connectivity index (χ1n) is 11.2. The zero-order valence-corrected chi connectivity index (χ0v) is 19.4. The fourth-order valence-electron chi connectivity index (χ4n) is 5.22. The molecule has 0 bridgehead atoms. The van der Waals surface area contributed by atoms with Gasteiger partial charge in [-0.1, -0.05) is 19.8 Å². The molecule has 3 fully saturated rings. The summed E-state index contributed by atoms with van der Waals surface area (Å²) in [6.07, 6.45) is 3.29. The highest BCUT2D eigenvalue weighted by Crippen LogP contribution is 2.35. The molecule has 1 saturated carbocycles. The van der Waals surface area contributed by atoms with E-state index in [1.807, 2.05) is 12.1 Å². The molecule has 1 aromatic carbocycles. The number of fused-ring (bicyclic) bond motifs is 2. The number of carbonyl (C=O) groups is 3. The molecule has 1 unspecified atom stereocenters. The van der Waals surface area contributed by atoms with E-state index in [2.05, 4.69) is 17.2 Å². The third-order valence-electron chi connectivity index (χ3n) is 7.08. The molecule has 5 rings (SSSR count). The number of hydrogen-bond donors (Lipinski definition) is 1. The quantitative estimate of drug-likeness (QED) is 0.687. The zero-order chi connectivity index (χ0) is 22.4. The van der Waals surface area contributed by atoms with Crippen LogP contribution in [-0.4, -0.2) is 64.2 Å². The fourth-order valence-corrected chi connectivity index (χ4v) is 6.30. The molecule has 32 heavy (non-hydrogen) atoms. The van der Waals surface area contributed by atoms with E-state index in [-0.39, 0.29) is 36.7 Å². The number of ether oxygens (including phenoxy) is 1. The number of thiazole rings is 1. The van der Waals surface area contributed by atoms with Gasteiger partial charge in [0.2, 0.25) is 5.91 Å². The summed E-state index contributed by atoms with van der Waals surface area (Å²) in [5, 5.41) is 2.60. The molecule has 2 aromatic rings. The van der Waals surface area contributed by atoms with Crippen LogP contribution in [-0.2, 0) is 14.3 Å². The number of amides is 2. The lowest BCUT2D eigenvalue weighted by Gasteiger charge is -2.35. The van der Waals surface area contributed by atoms with Gasteiger partial charge in [0.15, 0.2) is 5.78 Å². The molecule has 4 atom stereocenters. The SMILES string of the molecule is CC1CCC(C(NC(=O)c2ccc3ncsc3c2)C(=O)N2C[C@H](Cl)[C@H]3OCC(=O)[C@H]32)CC1. The highest BCUT2D eigenvalue weighted by atomic mass is 35.5. The van der Waals surface area contributed by atoms with Gasteiger partial charge in [-0.25, -0.2) is 4.98 Å². The number of benzene rings is 1. The number of likely N-dealkylation sites (tertiary alicyclic amines) is 1. The number of alkyl halides is 1. The van der Waals surface area contributed by atoms with Crippen molar-refractivity contribution in [2.75, 3.05) is 13.2 Å². The number of rotatable bonds is 4. The maximum absolute atomic E-state index is 13.7. The van der Waals surface area contributed by atoms with Crippen LogP contribution in [0, 0.1) is 11.8 Å². The Hall–Kier alpha value is -2.03. The molecular weight excluding hydrogens is 450 g/mol. The molecule has 3 aliphatic rings. The largest absolute Gasteiger partial charge is 0.366 e. The van der Waals surface area contributed by atoms with E-state index in [1.54, 1.807) is 16.5 Å². The summed E-state index contributed by atoms with van der Waals surface area (Å²) in [6.45, 7) is 2.45. The lowest BCUT2D eigenvalue weighted by molar-refractivity contribution is -0.139. The van der Waals surface area contributed by atoms with Gasteiger partial charge in [-0.2, -0.15) is 0 Å². The Balaban J connectivity index is 1.40. The van der Waals surface area contributed by atoms with Crippen LogP contribution in [0.2, 0.25) is 0 Å². The number of aromatic nitrogens is 1. The summed E-state index contributed by atoms with van der Waals surface area (Å²) < 4.78 is 6.46. The maximum atomic E-state index is 13.7. The fraction of sp³-hybridized carbons (Fsp3) is 0.565. The van der Waals surface area contributed by atoms with Crippen molar-refractivity contribution < 1.29 is 19.1 Å². The molecule has 3 heterocycles. The van der Waals surface area contributed by atoms with Gasteiger partial charge in [0.25, 0.3) is 5.91 Å². The first kappa shape index (κ1) is 21.8. The van der Waals surface area contributed by atoms with E-state index in [1.165, 1.54) is 11.3 Å². The Morgan fingerprint density at radius 1 is 1.28 bits per heavy atom.